The summed E-state index contributed by atoms with van der Waals surface area (Å²) >= 11 is 0. The molecule has 4 heteroatoms. The fraction of sp³-hybridized carbons (Fsp3) is 0.562. The third kappa shape index (κ3) is 3.97. The number of nitrogens with one attached hydrogen (secondary N) is 1. The van der Waals surface area contributed by atoms with E-state index < -0.39 is 0 Å². The number of carbonyl (C=O) groups is 1. The van der Waals surface area contributed by atoms with Crippen LogP contribution >= 0.6 is 0 Å². The number of amides is 1. The molecule has 4 nitrogen and oxygen atoms in total. The minimum absolute atomic E-state index is 0.222. The number of rotatable bonds is 5. The van der Waals surface area contributed by atoms with Gasteiger partial charge in [0.05, 0.1) is 6.04 Å². The molecule has 0 saturated carbocycles. The maximum Gasteiger partial charge on any atom is 0.407 e. The Morgan fingerprint density at radius 1 is 1.30 bits per heavy atom. The van der Waals surface area contributed by atoms with Crippen molar-refractivity contribution in [1.82, 2.24) is 10.2 Å². The molecule has 0 spiro atoms. The van der Waals surface area contributed by atoms with Gasteiger partial charge >= 0.3 is 6.09 Å². The van der Waals surface area contributed by atoms with Crippen molar-refractivity contribution in [3.8, 4) is 0 Å². The zero-order valence-corrected chi connectivity index (χ0v) is 12.5. The van der Waals surface area contributed by atoms with E-state index in [0.29, 0.717) is 18.6 Å². The molecule has 0 aromatic heterocycles. The Labute approximate surface area is 121 Å². The molecule has 110 valence electrons. The first-order valence-corrected chi connectivity index (χ1v) is 7.27. The van der Waals surface area contributed by atoms with Gasteiger partial charge in [-0.1, -0.05) is 44.2 Å². The van der Waals surface area contributed by atoms with Crippen molar-refractivity contribution in [3.63, 3.8) is 0 Å². The Kier molecular flexibility index (Phi) is 5.01. The molecule has 1 atom stereocenters. The zero-order valence-electron chi connectivity index (χ0n) is 12.5. The molecule has 1 fully saturated rings. The lowest BCUT2D eigenvalue weighted by atomic mass is 9.98. The van der Waals surface area contributed by atoms with Gasteiger partial charge in [0, 0.05) is 19.1 Å². The van der Waals surface area contributed by atoms with Crippen LogP contribution in [-0.2, 0) is 11.3 Å². The van der Waals surface area contributed by atoms with Crippen LogP contribution in [0.4, 0.5) is 4.79 Å². The van der Waals surface area contributed by atoms with Gasteiger partial charge < -0.3 is 10.1 Å². The number of likely N-dealkylation sites (tertiary alicyclic amines) is 1. The van der Waals surface area contributed by atoms with Crippen molar-refractivity contribution in [2.45, 2.75) is 39.5 Å². The SMILES string of the molecule is CC(C)C(C)N1CC(NC(=O)OCc2ccccc2)C1. The van der Waals surface area contributed by atoms with Crippen LogP contribution in [0.5, 0.6) is 0 Å². The summed E-state index contributed by atoms with van der Waals surface area (Å²) in [5, 5.41) is 2.91. The standard InChI is InChI=1S/C16H24N2O2/c1-12(2)13(3)18-9-15(10-18)17-16(19)20-11-14-7-5-4-6-8-14/h4-8,12-13,15H,9-11H2,1-3H3,(H,17,19). The van der Waals surface area contributed by atoms with Crippen molar-refractivity contribution in [2.24, 2.45) is 5.92 Å². The Balaban J connectivity index is 1.65. The molecule has 1 unspecified atom stereocenters. The van der Waals surface area contributed by atoms with Crippen LogP contribution in [-0.4, -0.2) is 36.2 Å². The molecule has 0 radical (unpaired) electrons. The molecule has 0 bridgehead atoms. The van der Waals surface area contributed by atoms with E-state index in [0.717, 1.165) is 18.7 Å². The van der Waals surface area contributed by atoms with Crippen molar-refractivity contribution in [3.05, 3.63) is 35.9 Å². The molecule has 1 saturated heterocycles. The van der Waals surface area contributed by atoms with E-state index in [1.54, 1.807) is 0 Å². The molecule has 1 N–H and O–H groups in total. The average molecular weight is 276 g/mol. The molecule has 1 aromatic carbocycles. The topological polar surface area (TPSA) is 41.6 Å². The summed E-state index contributed by atoms with van der Waals surface area (Å²) in [6, 6.07) is 10.5. The molecule has 1 aliphatic heterocycles. The number of benzene rings is 1. The van der Waals surface area contributed by atoms with E-state index in [4.69, 9.17) is 4.74 Å². The first-order valence-electron chi connectivity index (χ1n) is 7.27. The Morgan fingerprint density at radius 2 is 1.95 bits per heavy atom. The fourth-order valence-electron chi connectivity index (χ4n) is 2.29. The summed E-state index contributed by atoms with van der Waals surface area (Å²) in [5.41, 5.74) is 1.01. The summed E-state index contributed by atoms with van der Waals surface area (Å²) < 4.78 is 5.21. The second-order valence-corrected chi connectivity index (χ2v) is 5.84. The number of ether oxygens (including phenoxy) is 1. The van der Waals surface area contributed by atoms with E-state index in [-0.39, 0.29) is 12.1 Å². The lowest BCUT2D eigenvalue weighted by molar-refractivity contribution is 0.0553. The molecule has 20 heavy (non-hydrogen) atoms. The normalized spacial score (nSPS) is 17.6. The minimum Gasteiger partial charge on any atom is -0.445 e. The lowest BCUT2D eigenvalue weighted by Gasteiger charge is -2.44. The monoisotopic (exact) mass is 276 g/mol. The van der Waals surface area contributed by atoms with Crippen LogP contribution < -0.4 is 5.32 Å². The quantitative estimate of drug-likeness (QED) is 0.899. The first kappa shape index (κ1) is 14.9. The van der Waals surface area contributed by atoms with Gasteiger partial charge in [0.25, 0.3) is 0 Å². The lowest BCUT2D eigenvalue weighted by Crippen LogP contribution is -2.62. The second-order valence-electron chi connectivity index (χ2n) is 5.84. The first-order chi connectivity index (χ1) is 9.56. The summed E-state index contributed by atoms with van der Waals surface area (Å²) in [5.74, 6) is 0.640. The number of nitrogens with zero attached hydrogens (tertiary/aromatic N) is 1. The van der Waals surface area contributed by atoms with Crippen molar-refractivity contribution in [1.29, 1.82) is 0 Å². The summed E-state index contributed by atoms with van der Waals surface area (Å²) in [4.78, 5) is 14.1. The molecule has 1 heterocycles. The Bertz CT molecular complexity index is 427. The molecule has 1 amide bonds. The van der Waals surface area contributed by atoms with Gasteiger partial charge in [0.1, 0.15) is 6.61 Å². The number of carbonyl (C=O) groups excluding carboxylic acids is 1. The predicted molar refractivity (Wildman–Crippen MR) is 79.4 cm³/mol. The van der Waals surface area contributed by atoms with Crippen LogP contribution in [0.2, 0.25) is 0 Å². The van der Waals surface area contributed by atoms with Crippen molar-refractivity contribution >= 4 is 6.09 Å². The highest BCUT2D eigenvalue weighted by Crippen LogP contribution is 2.17. The second kappa shape index (κ2) is 6.75. The van der Waals surface area contributed by atoms with Crippen LogP contribution in [0.25, 0.3) is 0 Å². The fourth-order valence-corrected chi connectivity index (χ4v) is 2.29. The molecule has 2 rings (SSSR count). The van der Waals surface area contributed by atoms with Crippen molar-refractivity contribution in [2.75, 3.05) is 13.1 Å². The van der Waals surface area contributed by atoms with E-state index >= 15 is 0 Å². The molecular weight excluding hydrogens is 252 g/mol. The van der Waals surface area contributed by atoms with Crippen LogP contribution in [0, 0.1) is 5.92 Å². The number of alkyl carbamates (subject to hydrolysis) is 1. The van der Waals surface area contributed by atoms with Gasteiger partial charge in [-0.15, -0.1) is 0 Å². The third-order valence-corrected chi connectivity index (χ3v) is 3.99. The van der Waals surface area contributed by atoms with Crippen LogP contribution in [0.1, 0.15) is 26.3 Å². The number of hydrogen-bond donors (Lipinski definition) is 1. The van der Waals surface area contributed by atoms with Gasteiger partial charge in [-0.2, -0.15) is 0 Å². The maximum absolute atomic E-state index is 11.7. The highest BCUT2D eigenvalue weighted by molar-refractivity contribution is 5.67. The molecule has 1 aromatic rings. The highest BCUT2D eigenvalue weighted by Gasteiger charge is 2.32. The van der Waals surface area contributed by atoms with Gasteiger partial charge in [0.2, 0.25) is 0 Å². The summed E-state index contributed by atoms with van der Waals surface area (Å²) in [7, 11) is 0. The Morgan fingerprint density at radius 3 is 2.55 bits per heavy atom. The van der Waals surface area contributed by atoms with E-state index in [9.17, 15) is 4.79 Å². The minimum atomic E-state index is -0.323. The molecule has 1 aliphatic rings. The largest absolute Gasteiger partial charge is 0.445 e. The van der Waals surface area contributed by atoms with Gasteiger partial charge in [-0.05, 0) is 18.4 Å². The molecule has 0 aliphatic carbocycles. The highest BCUT2D eigenvalue weighted by atomic mass is 16.5. The summed E-state index contributed by atoms with van der Waals surface area (Å²) in [6.07, 6.45) is -0.323. The molecular formula is C16H24N2O2. The average Bonchev–Trinajstić information content (AvgIpc) is 2.40. The smallest absolute Gasteiger partial charge is 0.407 e. The summed E-state index contributed by atoms with van der Waals surface area (Å²) in [6.45, 7) is 8.83. The maximum atomic E-state index is 11.7. The van der Waals surface area contributed by atoms with E-state index in [1.807, 2.05) is 30.3 Å². The van der Waals surface area contributed by atoms with Gasteiger partial charge in [0.15, 0.2) is 0 Å². The zero-order chi connectivity index (χ0) is 14.5. The van der Waals surface area contributed by atoms with E-state index in [2.05, 4.69) is 31.0 Å². The Hall–Kier alpha value is -1.55. The number of hydrogen-bond acceptors (Lipinski definition) is 3. The van der Waals surface area contributed by atoms with Crippen molar-refractivity contribution < 1.29 is 9.53 Å². The van der Waals surface area contributed by atoms with E-state index in [1.165, 1.54) is 0 Å². The predicted octanol–water partition coefficient (Wildman–Crippen LogP) is 2.64. The third-order valence-electron chi connectivity index (χ3n) is 3.99. The van der Waals surface area contributed by atoms with Gasteiger partial charge in [-0.3, -0.25) is 4.90 Å². The van der Waals surface area contributed by atoms with Crippen LogP contribution in [0.15, 0.2) is 30.3 Å². The van der Waals surface area contributed by atoms with Gasteiger partial charge in [-0.25, -0.2) is 4.79 Å². The van der Waals surface area contributed by atoms with Crippen LogP contribution in [0.3, 0.4) is 0 Å².